The zero-order valence-corrected chi connectivity index (χ0v) is 10.3. The van der Waals surface area contributed by atoms with Crippen molar-refractivity contribution in [3.8, 4) is 6.07 Å². The number of carbonyl (C=O) groups excluding carboxylic acids is 1. The van der Waals surface area contributed by atoms with Crippen LogP contribution in [-0.4, -0.2) is 43.9 Å². The summed E-state index contributed by atoms with van der Waals surface area (Å²) in [7, 11) is -0.519. The molecule has 1 N–H and O–H groups in total. The Labute approximate surface area is 101 Å². The predicted octanol–water partition coefficient (Wildman–Crippen LogP) is 0.551. The highest BCUT2D eigenvalue weighted by Crippen LogP contribution is 2.56. The van der Waals surface area contributed by atoms with Crippen LogP contribution in [0.1, 0.15) is 13.8 Å². The molecule has 2 aliphatic heterocycles. The van der Waals surface area contributed by atoms with Gasteiger partial charge in [-0.25, -0.2) is 4.79 Å². The van der Waals surface area contributed by atoms with Gasteiger partial charge in [-0.05, 0) is 13.8 Å². The van der Waals surface area contributed by atoms with Gasteiger partial charge < -0.3 is 10.0 Å². The van der Waals surface area contributed by atoms with Crippen molar-refractivity contribution >= 4 is 28.2 Å². The number of carboxylic acid groups (broad SMARTS) is 1. The number of nitrogens with zero attached hydrogens (tertiary/aromatic N) is 2. The van der Waals surface area contributed by atoms with Crippen molar-refractivity contribution in [2.75, 3.05) is 0 Å². The van der Waals surface area contributed by atoms with Gasteiger partial charge in [-0.1, -0.05) is 5.87 Å². The van der Waals surface area contributed by atoms with Gasteiger partial charge >= 0.3 is 5.97 Å². The van der Waals surface area contributed by atoms with Crippen LogP contribution in [0.4, 0.5) is 0 Å². The van der Waals surface area contributed by atoms with E-state index in [1.165, 1.54) is 11.0 Å². The maximum Gasteiger partial charge on any atom is 0.327 e. The summed E-state index contributed by atoms with van der Waals surface area (Å²) in [4.78, 5) is 24.4. The first-order chi connectivity index (χ1) is 7.84. The number of aliphatic carboxylic acids is 1. The number of carbonyl (C=O) groups is 2. The number of amides is 1. The lowest BCUT2D eigenvalue weighted by atomic mass is 9.96. The number of β-lactam (4-membered cyclic amide) rings is 1. The number of rotatable bonds is 1. The van der Waals surface area contributed by atoms with Crippen molar-refractivity contribution in [1.82, 2.24) is 4.90 Å². The normalized spacial score (nSPS) is 36.3. The average Bonchev–Trinajstić information content (AvgIpc) is 2.42. The molecule has 0 aromatic carbocycles. The molecule has 6 heteroatoms. The Hall–Kier alpha value is -1.61. The molecule has 2 saturated heterocycles. The Bertz CT molecular complexity index is 515. The van der Waals surface area contributed by atoms with Crippen molar-refractivity contribution < 1.29 is 14.7 Å². The smallest absolute Gasteiger partial charge is 0.327 e. The molecule has 5 nitrogen and oxygen atoms in total. The van der Waals surface area contributed by atoms with Gasteiger partial charge in [0.2, 0.25) is 0 Å². The van der Waals surface area contributed by atoms with Gasteiger partial charge in [-0.3, -0.25) is 4.79 Å². The maximum atomic E-state index is 11.8. The first-order valence-corrected chi connectivity index (χ1v) is 6.47. The number of carboxylic acids is 1. The summed E-state index contributed by atoms with van der Waals surface area (Å²) in [5.41, 5.74) is 0.391. The minimum atomic E-state index is -1.01. The van der Waals surface area contributed by atoms with Gasteiger partial charge in [0.25, 0.3) is 5.91 Å². The summed E-state index contributed by atoms with van der Waals surface area (Å²) >= 11 is 0. The highest BCUT2D eigenvalue weighted by Gasteiger charge is 2.62. The van der Waals surface area contributed by atoms with Gasteiger partial charge in [0.15, 0.2) is 0 Å². The third kappa shape index (κ3) is 1.29. The van der Waals surface area contributed by atoms with E-state index in [1.54, 1.807) is 13.8 Å². The lowest BCUT2D eigenvalue weighted by Crippen LogP contribution is -2.58. The molecule has 90 valence electrons. The van der Waals surface area contributed by atoms with Crippen LogP contribution in [0.3, 0.4) is 0 Å². The second-order valence-corrected chi connectivity index (χ2v) is 6.92. The average molecular weight is 252 g/mol. The van der Waals surface area contributed by atoms with Gasteiger partial charge in [0.05, 0.1) is 11.6 Å². The minimum Gasteiger partial charge on any atom is -0.480 e. The molecule has 0 saturated carbocycles. The summed E-state index contributed by atoms with van der Waals surface area (Å²) in [6.45, 7) is 3.61. The molecular formula is C11H12N2O3S. The van der Waals surface area contributed by atoms with E-state index < -0.39 is 27.2 Å². The van der Waals surface area contributed by atoms with E-state index in [0.717, 1.165) is 0 Å². The molecule has 17 heavy (non-hydrogen) atoms. The van der Waals surface area contributed by atoms with E-state index in [9.17, 15) is 14.7 Å². The van der Waals surface area contributed by atoms with Crippen LogP contribution in [0.2, 0.25) is 0 Å². The van der Waals surface area contributed by atoms with Gasteiger partial charge in [-0.2, -0.15) is 15.7 Å². The van der Waals surface area contributed by atoms with Crippen molar-refractivity contribution in [1.29, 1.82) is 5.26 Å². The summed E-state index contributed by atoms with van der Waals surface area (Å²) in [5.74, 6) is 2.63. The topological polar surface area (TPSA) is 81.4 Å². The molecule has 3 atom stereocenters. The Morgan fingerprint density at radius 2 is 2.29 bits per heavy atom. The van der Waals surface area contributed by atoms with E-state index >= 15 is 0 Å². The molecule has 0 aromatic heterocycles. The molecule has 0 aromatic rings. The monoisotopic (exact) mass is 252 g/mol. The summed E-state index contributed by atoms with van der Waals surface area (Å²) < 4.78 is -0.572. The quantitative estimate of drug-likeness (QED) is 0.320. The van der Waals surface area contributed by atoms with Crippen molar-refractivity contribution in [3.63, 3.8) is 0 Å². The molecule has 2 rings (SSSR count). The zero-order valence-electron chi connectivity index (χ0n) is 9.51. The first-order valence-electron chi connectivity index (χ1n) is 5.02. The SMILES string of the molecule is C=S1[C@@H]2/C(=C\C#N)C(=O)N2[C@@H](C(=O)O)C1(C)C. The van der Waals surface area contributed by atoms with Gasteiger partial charge in [0.1, 0.15) is 11.4 Å². The van der Waals surface area contributed by atoms with Crippen molar-refractivity contribution in [2.24, 2.45) is 0 Å². The highest BCUT2D eigenvalue weighted by atomic mass is 32.2. The Morgan fingerprint density at radius 1 is 1.71 bits per heavy atom. The van der Waals surface area contributed by atoms with E-state index in [4.69, 9.17) is 5.26 Å². The van der Waals surface area contributed by atoms with Crippen molar-refractivity contribution in [2.45, 2.75) is 30.0 Å². The Kier molecular flexibility index (Phi) is 2.40. The standard InChI is InChI=1S/C11H12N2O3S/c1-11(2)7(10(15)16)13-8(14)6(4-5-12)9(13)17(11)3/h4,7,9H,3H2,1-2H3,(H,15,16)/b6-4-/t7-,9+,17?/m0/s1. The van der Waals surface area contributed by atoms with Crippen LogP contribution in [0.25, 0.3) is 0 Å². The molecule has 2 fully saturated rings. The van der Waals surface area contributed by atoms with Crippen LogP contribution in [0.5, 0.6) is 0 Å². The van der Waals surface area contributed by atoms with Crippen LogP contribution in [0, 0.1) is 11.3 Å². The van der Waals surface area contributed by atoms with Gasteiger partial charge in [-0.15, -0.1) is 0 Å². The fraction of sp³-hybridized carbons (Fsp3) is 0.455. The summed E-state index contributed by atoms with van der Waals surface area (Å²) in [5, 5.41) is 17.5. The van der Waals surface area contributed by atoms with Crippen LogP contribution in [0.15, 0.2) is 11.6 Å². The van der Waals surface area contributed by atoms with E-state index in [0.29, 0.717) is 5.57 Å². The molecule has 2 aliphatic rings. The van der Waals surface area contributed by atoms with E-state index in [1.807, 2.05) is 6.07 Å². The lowest BCUT2D eigenvalue weighted by Gasteiger charge is -2.39. The van der Waals surface area contributed by atoms with Gasteiger partial charge in [0, 0.05) is 10.8 Å². The predicted molar refractivity (Wildman–Crippen MR) is 64.5 cm³/mol. The maximum absolute atomic E-state index is 11.8. The highest BCUT2D eigenvalue weighted by molar-refractivity contribution is 8.16. The molecule has 0 spiro atoms. The third-order valence-electron chi connectivity index (χ3n) is 3.34. The van der Waals surface area contributed by atoms with Crippen LogP contribution < -0.4 is 0 Å². The summed E-state index contributed by atoms with van der Waals surface area (Å²) in [6, 6.07) is 0.974. The van der Waals surface area contributed by atoms with Crippen LogP contribution in [-0.2, 0) is 9.59 Å². The second kappa shape index (κ2) is 3.44. The summed E-state index contributed by atoms with van der Waals surface area (Å²) in [6.07, 6.45) is 1.20. The largest absolute Gasteiger partial charge is 0.480 e. The fourth-order valence-electron chi connectivity index (χ4n) is 2.37. The number of hydrogen-bond acceptors (Lipinski definition) is 3. The first kappa shape index (κ1) is 11.9. The number of fused-ring (bicyclic) bond motifs is 1. The van der Waals surface area contributed by atoms with Crippen LogP contribution >= 0.6 is 10.5 Å². The second-order valence-electron chi connectivity index (χ2n) is 4.57. The van der Waals surface area contributed by atoms with Crippen molar-refractivity contribution in [3.05, 3.63) is 11.6 Å². The molecular weight excluding hydrogens is 240 g/mol. The molecule has 0 aliphatic carbocycles. The fourth-order valence-corrected chi connectivity index (χ4v) is 4.42. The molecule has 0 bridgehead atoms. The third-order valence-corrected chi connectivity index (χ3v) is 5.93. The number of nitriles is 1. The number of hydrogen-bond donors (Lipinski definition) is 1. The van der Waals surface area contributed by atoms with E-state index in [-0.39, 0.29) is 11.3 Å². The zero-order chi connectivity index (χ0) is 13.0. The lowest BCUT2D eigenvalue weighted by molar-refractivity contribution is -0.152. The molecule has 1 unspecified atom stereocenters. The Morgan fingerprint density at radius 3 is 2.76 bits per heavy atom. The molecule has 0 radical (unpaired) electrons. The minimum absolute atomic E-state index is 0.307. The number of allylic oxidation sites excluding steroid dienone is 1. The molecule has 2 heterocycles. The molecule has 1 amide bonds. The van der Waals surface area contributed by atoms with E-state index in [2.05, 4.69) is 5.87 Å². The Balaban J connectivity index is 2.49.